The fourth-order valence-electron chi connectivity index (χ4n) is 7.17. The van der Waals surface area contributed by atoms with Gasteiger partial charge in [-0.3, -0.25) is 9.47 Å². The lowest BCUT2D eigenvalue weighted by molar-refractivity contribution is 0.0141. The summed E-state index contributed by atoms with van der Waals surface area (Å²) < 4.78 is 53.2. The Morgan fingerprint density at radius 3 is 2.04 bits per heavy atom. The van der Waals surface area contributed by atoms with Crippen molar-refractivity contribution in [2.45, 2.75) is 84.5 Å². The summed E-state index contributed by atoms with van der Waals surface area (Å²) in [6.45, 7) is 17.9. The molecule has 18 heteroatoms. The van der Waals surface area contributed by atoms with Crippen LogP contribution < -0.4 is 14.5 Å². The van der Waals surface area contributed by atoms with Crippen LogP contribution in [-0.2, 0) is 14.2 Å². The number of morpholine rings is 1. The molecule has 0 unspecified atom stereocenters. The van der Waals surface area contributed by atoms with Crippen LogP contribution in [-0.4, -0.2) is 154 Å². The van der Waals surface area contributed by atoms with Crippen LogP contribution in [0.3, 0.4) is 0 Å². The van der Waals surface area contributed by atoms with Gasteiger partial charge >= 0.3 is 12.2 Å². The van der Waals surface area contributed by atoms with Gasteiger partial charge in [0.1, 0.15) is 22.5 Å². The van der Waals surface area contributed by atoms with Crippen molar-refractivity contribution >= 4 is 35.1 Å². The van der Waals surface area contributed by atoms with Gasteiger partial charge in [-0.15, -0.1) is 0 Å². The smallest absolute Gasteiger partial charge is 0.410 e. The number of carbonyl (C=O) groups is 2. The summed E-state index contributed by atoms with van der Waals surface area (Å²) in [5.74, 6) is 0.588. The standard InChI is InChI=1S/C38H56F2N10O6/c1-37(2,3)55-35(51)47-16-12-26(13-17-47)49(15-9-14-45-18-20-48(21-19-45)36(52)56-38(4,5)6)33-42-32(46-22-24-54-25-23-46)43-34(44-33)50-27-10-8-11-28(53-7)29(27)41-31(50)30(39)40/h8,10-11,26,30H,9,12-25H2,1-7H3. The number of alkyl halides is 2. The number of aromatic nitrogens is 5. The number of halogens is 2. The Morgan fingerprint density at radius 1 is 0.839 bits per heavy atom. The molecule has 5 heterocycles. The lowest BCUT2D eigenvalue weighted by atomic mass is 10.0. The number of anilines is 2. The van der Waals surface area contributed by atoms with Gasteiger partial charge in [0.05, 0.1) is 25.8 Å². The second kappa shape index (κ2) is 17.3. The van der Waals surface area contributed by atoms with E-state index >= 15 is 0 Å². The second-order valence-corrected chi connectivity index (χ2v) is 16.3. The minimum Gasteiger partial charge on any atom is -0.494 e. The first-order chi connectivity index (χ1) is 26.6. The van der Waals surface area contributed by atoms with Crippen molar-refractivity contribution < 1.29 is 37.3 Å². The third-order valence-electron chi connectivity index (χ3n) is 9.89. The molecule has 0 N–H and O–H groups in total. The maximum Gasteiger partial charge on any atom is 0.410 e. The highest BCUT2D eigenvalue weighted by atomic mass is 19.3. The first-order valence-corrected chi connectivity index (χ1v) is 19.5. The van der Waals surface area contributed by atoms with E-state index in [0.717, 1.165) is 13.0 Å². The molecule has 3 aliphatic heterocycles. The Bertz CT molecular complexity index is 1810. The summed E-state index contributed by atoms with van der Waals surface area (Å²) in [4.78, 5) is 54.6. The fourth-order valence-corrected chi connectivity index (χ4v) is 7.17. The van der Waals surface area contributed by atoms with E-state index in [1.807, 2.05) is 46.4 Å². The van der Waals surface area contributed by atoms with Crippen molar-refractivity contribution in [1.29, 1.82) is 0 Å². The molecular weight excluding hydrogens is 730 g/mol. The Morgan fingerprint density at radius 2 is 1.45 bits per heavy atom. The van der Waals surface area contributed by atoms with Crippen molar-refractivity contribution in [2.75, 3.05) is 95.6 Å². The number of likely N-dealkylation sites (tertiary alicyclic amines) is 1. The molecule has 0 aliphatic carbocycles. The van der Waals surface area contributed by atoms with E-state index in [2.05, 4.69) is 14.8 Å². The highest BCUT2D eigenvalue weighted by molar-refractivity contribution is 5.84. The molecule has 0 atom stereocenters. The van der Waals surface area contributed by atoms with Gasteiger partial charge in [-0.2, -0.15) is 15.0 Å². The van der Waals surface area contributed by atoms with Crippen molar-refractivity contribution in [1.82, 2.24) is 39.2 Å². The third-order valence-corrected chi connectivity index (χ3v) is 9.89. The number of piperazine rings is 1. The normalized spacial score (nSPS) is 17.8. The minimum absolute atomic E-state index is 0.0250. The number of nitrogens with zero attached hydrogens (tertiary/aromatic N) is 10. The van der Waals surface area contributed by atoms with Gasteiger partial charge in [-0.25, -0.2) is 23.4 Å². The van der Waals surface area contributed by atoms with Gasteiger partial charge < -0.3 is 38.5 Å². The van der Waals surface area contributed by atoms with E-state index in [-0.39, 0.29) is 29.7 Å². The van der Waals surface area contributed by atoms with Crippen LogP contribution in [0.4, 0.5) is 30.3 Å². The van der Waals surface area contributed by atoms with Gasteiger partial charge in [-0.05, 0) is 79.5 Å². The monoisotopic (exact) mass is 786 g/mol. The minimum atomic E-state index is -2.93. The summed E-state index contributed by atoms with van der Waals surface area (Å²) in [6, 6.07) is 5.02. The summed E-state index contributed by atoms with van der Waals surface area (Å²) in [6.07, 6.45) is -1.61. The predicted octanol–water partition coefficient (Wildman–Crippen LogP) is 5.14. The van der Waals surface area contributed by atoms with E-state index in [1.54, 1.807) is 28.0 Å². The maximum atomic E-state index is 14.8. The van der Waals surface area contributed by atoms with Crippen molar-refractivity contribution in [3.05, 3.63) is 24.0 Å². The molecule has 3 saturated heterocycles. The van der Waals surface area contributed by atoms with Crippen molar-refractivity contribution in [3.63, 3.8) is 0 Å². The van der Waals surface area contributed by atoms with E-state index in [1.165, 1.54) is 11.7 Å². The summed E-state index contributed by atoms with van der Waals surface area (Å²) >= 11 is 0. The summed E-state index contributed by atoms with van der Waals surface area (Å²) in [5.41, 5.74) is -0.518. The highest BCUT2D eigenvalue weighted by Crippen LogP contribution is 2.33. The van der Waals surface area contributed by atoms with Crippen LogP contribution >= 0.6 is 0 Å². The molecule has 0 radical (unpaired) electrons. The van der Waals surface area contributed by atoms with Crippen LogP contribution in [0.1, 0.15) is 73.1 Å². The average Bonchev–Trinajstić information content (AvgIpc) is 3.56. The van der Waals surface area contributed by atoms with E-state index in [9.17, 15) is 18.4 Å². The Labute approximate surface area is 327 Å². The summed E-state index contributed by atoms with van der Waals surface area (Å²) in [5, 5.41) is 0. The molecule has 1 aromatic carbocycles. The molecule has 2 amide bonds. The van der Waals surface area contributed by atoms with Crippen LogP contribution in [0.5, 0.6) is 5.75 Å². The zero-order chi connectivity index (χ0) is 40.2. The highest BCUT2D eigenvalue weighted by Gasteiger charge is 2.33. The number of para-hydroxylation sites is 1. The quantitative estimate of drug-likeness (QED) is 0.268. The Hall–Kier alpha value is -4.58. The molecule has 16 nitrogen and oxygen atoms in total. The van der Waals surface area contributed by atoms with Gasteiger partial charge in [0.15, 0.2) is 5.82 Å². The number of piperidine rings is 1. The Balaban J connectivity index is 1.31. The molecule has 308 valence electrons. The first-order valence-electron chi connectivity index (χ1n) is 19.5. The van der Waals surface area contributed by atoms with E-state index in [4.69, 9.17) is 33.9 Å². The maximum absolute atomic E-state index is 14.8. The average molecular weight is 787 g/mol. The molecule has 0 bridgehead atoms. The number of imidazole rings is 1. The lowest BCUT2D eigenvalue weighted by Gasteiger charge is -2.40. The number of amides is 2. The zero-order valence-electron chi connectivity index (χ0n) is 33.7. The largest absolute Gasteiger partial charge is 0.494 e. The number of ether oxygens (including phenoxy) is 4. The van der Waals surface area contributed by atoms with E-state index < -0.39 is 23.5 Å². The van der Waals surface area contributed by atoms with Crippen LogP contribution in [0.25, 0.3) is 17.0 Å². The van der Waals surface area contributed by atoms with Crippen molar-refractivity contribution in [2.24, 2.45) is 0 Å². The molecule has 3 aromatic rings. The topological polar surface area (TPSA) is 144 Å². The predicted molar refractivity (Wildman–Crippen MR) is 206 cm³/mol. The second-order valence-electron chi connectivity index (χ2n) is 16.3. The number of carbonyl (C=O) groups excluding carboxylic acids is 2. The van der Waals surface area contributed by atoms with Crippen LogP contribution in [0, 0.1) is 0 Å². The molecular formula is C38H56F2N10O6. The lowest BCUT2D eigenvalue weighted by Crippen LogP contribution is -2.51. The number of rotatable bonds is 10. The van der Waals surface area contributed by atoms with E-state index in [0.29, 0.717) is 108 Å². The molecule has 6 rings (SSSR count). The van der Waals surface area contributed by atoms with Gasteiger partial charge in [0.2, 0.25) is 17.8 Å². The number of benzene rings is 1. The molecule has 2 aromatic heterocycles. The van der Waals surface area contributed by atoms with Crippen LogP contribution in [0.2, 0.25) is 0 Å². The third kappa shape index (κ3) is 10.0. The van der Waals surface area contributed by atoms with Crippen molar-refractivity contribution in [3.8, 4) is 11.7 Å². The SMILES string of the molecule is COc1cccc2c1nc(C(F)F)n2-c1nc(N2CCOCC2)nc(N(CCCN2CCN(C(=O)OC(C)(C)C)CC2)C2CCN(C(=O)OC(C)(C)C)CC2)n1. The molecule has 3 fully saturated rings. The molecule has 3 aliphatic rings. The van der Waals surface area contributed by atoms with Gasteiger partial charge in [-0.1, -0.05) is 6.07 Å². The summed E-state index contributed by atoms with van der Waals surface area (Å²) in [7, 11) is 1.47. The number of methoxy groups -OCH3 is 1. The number of hydrogen-bond acceptors (Lipinski definition) is 13. The molecule has 0 spiro atoms. The van der Waals surface area contributed by atoms with Crippen LogP contribution in [0.15, 0.2) is 18.2 Å². The zero-order valence-corrected chi connectivity index (χ0v) is 33.7. The van der Waals surface area contributed by atoms with Gasteiger partial charge in [0.25, 0.3) is 6.43 Å². The molecule has 0 saturated carbocycles. The Kier molecular flexibility index (Phi) is 12.7. The first kappa shape index (κ1) is 41.1. The molecule has 56 heavy (non-hydrogen) atoms. The number of hydrogen-bond donors (Lipinski definition) is 0. The number of fused-ring (bicyclic) bond motifs is 1. The fraction of sp³-hybridized carbons (Fsp3) is 0.684. The van der Waals surface area contributed by atoms with Gasteiger partial charge in [0, 0.05) is 64.9 Å².